The molecule has 0 amide bonds. The zero-order valence-corrected chi connectivity index (χ0v) is 12.2. The molecule has 2 N–H and O–H groups in total. The number of carboxylic acids is 1. The molecule has 21 heavy (non-hydrogen) atoms. The smallest absolute Gasteiger partial charge is 0.307 e. The average Bonchev–Trinajstić information content (AvgIpc) is 2.42. The Morgan fingerprint density at radius 1 is 1.43 bits per heavy atom. The zero-order chi connectivity index (χ0) is 15.4. The van der Waals surface area contributed by atoms with Crippen molar-refractivity contribution in [2.75, 3.05) is 11.9 Å². The summed E-state index contributed by atoms with van der Waals surface area (Å²) in [6.07, 6.45) is 1.86. The van der Waals surface area contributed by atoms with Gasteiger partial charge >= 0.3 is 5.97 Å². The lowest BCUT2D eigenvalue weighted by molar-refractivity contribution is -0.136. The second kappa shape index (κ2) is 6.52. The van der Waals surface area contributed by atoms with E-state index in [-0.39, 0.29) is 12.2 Å². The Hall–Kier alpha value is -2.17. The van der Waals surface area contributed by atoms with Gasteiger partial charge in [-0.15, -0.1) is 0 Å². The molecule has 0 aliphatic carbocycles. The van der Waals surface area contributed by atoms with Crippen LogP contribution in [0.2, 0.25) is 0 Å². The first kappa shape index (κ1) is 15.2. The lowest BCUT2D eigenvalue weighted by atomic mass is 10.0. The number of pyridine rings is 1. The highest BCUT2D eigenvalue weighted by atomic mass is 19.1. The monoisotopic (exact) mass is 290 g/mol. The quantitative estimate of drug-likeness (QED) is 0.799. The van der Waals surface area contributed by atoms with Gasteiger partial charge in [0, 0.05) is 28.9 Å². The fourth-order valence-corrected chi connectivity index (χ4v) is 2.36. The number of nitrogens with one attached hydrogen (secondary N) is 1. The van der Waals surface area contributed by atoms with E-state index in [1.165, 1.54) is 12.1 Å². The minimum atomic E-state index is -0.922. The first-order valence-corrected chi connectivity index (χ1v) is 7.07. The van der Waals surface area contributed by atoms with Crippen LogP contribution < -0.4 is 5.32 Å². The number of benzene rings is 1. The number of hydrogen-bond donors (Lipinski definition) is 2. The van der Waals surface area contributed by atoms with E-state index in [0.29, 0.717) is 27.8 Å². The average molecular weight is 290 g/mol. The van der Waals surface area contributed by atoms with E-state index >= 15 is 0 Å². The molecule has 0 unspecified atom stereocenters. The van der Waals surface area contributed by atoms with Gasteiger partial charge in [0.15, 0.2) is 0 Å². The van der Waals surface area contributed by atoms with Crippen molar-refractivity contribution in [2.24, 2.45) is 0 Å². The highest BCUT2D eigenvalue weighted by Crippen LogP contribution is 2.29. The third kappa shape index (κ3) is 3.48. The Bertz CT molecular complexity index is 671. The Kier molecular flexibility index (Phi) is 4.73. The topological polar surface area (TPSA) is 62.2 Å². The van der Waals surface area contributed by atoms with Crippen LogP contribution in [0.25, 0.3) is 10.9 Å². The number of unbranched alkanes of at least 4 members (excludes halogenated alkanes) is 1. The summed E-state index contributed by atoms with van der Waals surface area (Å²) in [6, 6.07) is 4.39. The number of carboxylic acid groups (broad SMARTS) is 1. The predicted octanol–water partition coefficient (Wildman–Crippen LogP) is 3.52. The molecule has 0 saturated heterocycles. The summed E-state index contributed by atoms with van der Waals surface area (Å²) in [4.78, 5) is 15.5. The number of rotatable bonds is 6. The van der Waals surface area contributed by atoms with Crippen molar-refractivity contribution in [3.63, 3.8) is 0 Å². The standard InChI is InChI=1S/C16H19FN2O2/c1-3-4-7-18-16-12(9-15(20)21)10(2)19-14-6-5-11(17)8-13(14)16/h5-6,8H,3-4,7,9H2,1-2H3,(H,18,19)(H,20,21). The molecule has 1 aromatic carbocycles. The second-order valence-electron chi connectivity index (χ2n) is 5.06. The molecule has 0 radical (unpaired) electrons. The maximum Gasteiger partial charge on any atom is 0.307 e. The van der Waals surface area contributed by atoms with Gasteiger partial charge in [-0.1, -0.05) is 13.3 Å². The van der Waals surface area contributed by atoms with Crippen LogP contribution in [-0.4, -0.2) is 22.6 Å². The number of nitrogens with zero attached hydrogens (tertiary/aromatic N) is 1. The number of aryl methyl sites for hydroxylation is 1. The molecular formula is C16H19FN2O2. The highest BCUT2D eigenvalue weighted by Gasteiger charge is 2.15. The van der Waals surface area contributed by atoms with Gasteiger partial charge in [0.1, 0.15) is 5.82 Å². The highest BCUT2D eigenvalue weighted by molar-refractivity contribution is 5.94. The maximum atomic E-state index is 13.5. The number of hydrogen-bond acceptors (Lipinski definition) is 3. The van der Waals surface area contributed by atoms with E-state index < -0.39 is 5.97 Å². The van der Waals surface area contributed by atoms with E-state index in [0.717, 1.165) is 19.4 Å². The van der Waals surface area contributed by atoms with Crippen LogP contribution in [0.4, 0.5) is 10.1 Å². The Morgan fingerprint density at radius 2 is 2.19 bits per heavy atom. The van der Waals surface area contributed by atoms with Gasteiger partial charge in [-0.05, 0) is 31.5 Å². The molecule has 0 aliphatic rings. The third-order valence-electron chi connectivity index (χ3n) is 3.41. The van der Waals surface area contributed by atoms with Crippen LogP contribution in [0.15, 0.2) is 18.2 Å². The number of fused-ring (bicyclic) bond motifs is 1. The molecule has 0 fully saturated rings. The van der Waals surface area contributed by atoms with E-state index in [1.807, 2.05) is 0 Å². The van der Waals surface area contributed by atoms with Crippen molar-refractivity contribution < 1.29 is 14.3 Å². The number of aromatic nitrogens is 1. The summed E-state index contributed by atoms with van der Waals surface area (Å²) in [5.41, 5.74) is 2.64. The number of aliphatic carboxylic acids is 1. The van der Waals surface area contributed by atoms with Crippen LogP contribution in [0.1, 0.15) is 31.0 Å². The van der Waals surface area contributed by atoms with Crippen molar-refractivity contribution in [3.05, 3.63) is 35.3 Å². The molecule has 112 valence electrons. The summed E-state index contributed by atoms with van der Waals surface area (Å²) in [7, 11) is 0. The summed E-state index contributed by atoms with van der Waals surface area (Å²) in [6.45, 7) is 4.58. The van der Waals surface area contributed by atoms with Crippen molar-refractivity contribution >= 4 is 22.6 Å². The summed E-state index contributed by atoms with van der Waals surface area (Å²) < 4.78 is 13.5. The molecule has 0 bridgehead atoms. The molecule has 0 spiro atoms. The largest absolute Gasteiger partial charge is 0.481 e. The first-order chi connectivity index (χ1) is 10.0. The fourth-order valence-electron chi connectivity index (χ4n) is 2.36. The molecule has 2 rings (SSSR count). The van der Waals surface area contributed by atoms with Crippen molar-refractivity contribution in [1.82, 2.24) is 4.98 Å². The van der Waals surface area contributed by atoms with E-state index in [1.54, 1.807) is 13.0 Å². The van der Waals surface area contributed by atoms with Gasteiger partial charge in [0.25, 0.3) is 0 Å². The van der Waals surface area contributed by atoms with Crippen molar-refractivity contribution in [1.29, 1.82) is 0 Å². The Balaban J connectivity index is 2.58. The van der Waals surface area contributed by atoms with E-state index in [9.17, 15) is 9.18 Å². The van der Waals surface area contributed by atoms with E-state index in [4.69, 9.17) is 5.11 Å². The Labute approximate surface area is 123 Å². The molecular weight excluding hydrogens is 271 g/mol. The summed E-state index contributed by atoms with van der Waals surface area (Å²) >= 11 is 0. The van der Waals surface area contributed by atoms with Crippen molar-refractivity contribution in [3.8, 4) is 0 Å². The zero-order valence-electron chi connectivity index (χ0n) is 12.2. The minimum Gasteiger partial charge on any atom is -0.481 e. The normalized spacial score (nSPS) is 10.8. The van der Waals surface area contributed by atoms with Gasteiger partial charge in [-0.2, -0.15) is 0 Å². The number of carbonyl (C=O) groups is 1. The van der Waals surface area contributed by atoms with E-state index in [2.05, 4.69) is 17.2 Å². The predicted molar refractivity (Wildman–Crippen MR) is 81.2 cm³/mol. The molecule has 4 nitrogen and oxygen atoms in total. The van der Waals surface area contributed by atoms with Gasteiger partial charge < -0.3 is 10.4 Å². The molecule has 0 aliphatic heterocycles. The van der Waals surface area contributed by atoms with Gasteiger partial charge in [-0.3, -0.25) is 9.78 Å². The minimum absolute atomic E-state index is 0.125. The number of halogens is 1. The first-order valence-electron chi connectivity index (χ1n) is 7.07. The van der Waals surface area contributed by atoms with Gasteiger partial charge in [0.05, 0.1) is 11.9 Å². The third-order valence-corrected chi connectivity index (χ3v) is 3.41. The fraction of sp³-hybridized carbons (Fsp3) is 0.375. The van der Waals surface area contributed by atoms with Crippen LogP contribution in [0, 0.1) is 12.7 Å². The van der Waals surface area contributed by atoms with Crippen molar-refractivity contribution in [2.45, 2.75) is 33.1 Å². The molecule has 0 atom stereocenters. The van der Waals surface area contributed by atoms with Gasteiger partial charge in [-0.25, -0.2) is 4.39 Å². The summed E-state index contributed by atoms with van der Waals surface area (Å²) in [5.74, 6) is -1.28. The molecule has 1 aromatic heterocycles. The molecule has 0 saturated carbocycles. The molecule has 2 aromatic rings. The number of anilines is 1. The van der Waals surface area contributed by atoms with Crippen LogP contribution >= 0.6 is 0 Å². The van der Waals surface area contributed by atoms with Crippen LogP contribution in [0.5, 0.6) is 0 Å². The van der Waals surface area contributed by atoms with Gasteiger partial charge in [0.2, 0.25) is 0 Å². The Morgan fingerprint density at radius 3 is 2.86 bits per heavy atom. The SMILES string of the molecule is CCCCNc1c(CC(=O)O)c(C)nc2ccc(F)cc12. The lowest BCUT2D eigenvalue weighted by Gasteiger charge is -2.16. The maximum absolute atomic E-state index is 13.5. The second-order valence-corrected chi connectivity index (χ2v) is 5.06. The van der Waals surface area contributed by atoms with Crippen LogP contribution in [0.3, 0.4) is 0 Å². The molecule has 1 heterocycles. The summed E-state index contributed by atoms with van der Waals surface area (Å²) in [5, 5.41) is 13.0. The molecule has 5 heteroatoms. The lowest BCUT2D eigenvalue weighted by Crippen LogP contribution is -2.11. The van der Waals surface area contributed by atoms with Crippen LogP contribution in [-0.2, 0) is 11.2 Å².